The summed E-state index contributed by atoms with van der Waals surface area (Å²) < 4.78 is 0.285. The van der Waals surface area contributed by atoms with Crippen LogP contribution >= 0.6 is 0 Å². The van der Waals surface area contributed by atoms with Gasteiger partial charge in [-0.25, -0.2) is 0 Å². The minimum Gasteiger partial charge on any atom is -0.481 e. The summed E-state index contributed by atoms with van der Waals surface area (Å²) in [7, 11) is 5.41. The number of ketones is 1. The lowest BCUT2D eigenvalue weighted by Gasteiger charge is -2.33. The number of carbonyl (C=O) groups excluding carboxylic acids is 1. The van der Waals surface area contributed by atoms with E-state index in [9.17, 15) is 14.7 Å². The van der Waals surface area contributed by atoms with Crippen LogP contribution in [0.5, 0.6) is 0 Å². The molecule has 0 rings (SSSR count). The highest BCUT2D eigenvalue weighted by Crippen LogP contribution is 2.17. The van der Waals surface area contributed by atoms with Crippen molar-refractivity contribution < 1.29 is 24.3 Å². The monoisotopic (exact) mass is 476 g/mol. The van der Waals surface area contributed by atoms with E-state index in [2.05, 4.69) is 13.0 Å². The summed E-state index contributed by atoms with van der Waals surface area (Å²) in [5.74, 6) is -1.79. The molecule has 0 heterocycles. The number of hydrogen-bond acceptors (Lipinski definition) is 3. The number of hydrogen-bond donors (Lipinski definition) is 2. The van der Waals surface area contributed by atoms with Crippen LogP contribution < -0.4 is 0 Å². The number of likely N-dealkylation sites (N-methyl/N-ethyl adjacent to an activating group) is 1. The Morgan fingerprint density at radius 3 is 1.71 bits per heavy atom. The number of unbranched alkanes of at least 4 members (excludes halogenated alkanes) is 11. The van der Waals surface area contributed by atoms with Gasteiger partial charge in [-0.1, -0.05) is 114 Å². The normalized spacial score (nSPS) is 14.6. The molecule has 5 nitrogen and oxygen atoms in total. The SMILES string of the molecule is CCCCCCCCCCCCCC=CC=CC=CC=CC(=O)C(O)(CC(=O)O)C[N+](C)(C)C. The van der Waals surface area contributed by atoms with E-state index in [-0.39, 0.29) is 11.0 Å². The van der Waals surface area contributed by atoms with Gasteiger partial charge < -0.3 is 14.7 Å². The number of quaternary nitrogens is 1. The second-order valence-corrected chi connectivity index (χ2v) is 10.3. The molecule has 0 aliphatic rings. The van der Waals surface area contributed by atoms with Gasteiger partial charge in [0.25, 0.3) is 0 Å². The number of carboxylic acids is 1. The molecule has 0 aromatic rings. The lowest BCUT2D eigenvalue weighted by Crippen LogP contribution is -2.54. The fourth-order valence-corrected chi connectivity index (χ4v) is 3.91. The van der Waals surface area contributed by atoms with Gasteiger partial charge in [-0.3, -0.25) is 9.59 Å². The van der Waals surface area contributed by atoms with E-state index in [4.69, 9.17) is 5.11 Å². The number of rotatable bonds is 21. The molecule has 0 spiro atoms. The number of carboxylic acid groups (broad SMARTS) is 1. The zero-order chi connectivity index (χ0) is 25.7. The standard InChI is InChI=1S/C29H49NO4/c1-5-6-7-8-9-10-11-12-13-14-15-16-17-18-19-20-21-22-23-24-27(31)29(34,25-28(32)33)26-30(2,3)4/h17-24,34H,5-16,25-26H2,1-4H3/p+1. The van der Waals surface area contributed by atoms with Crippen molar-refractivity contribution in [1.29, 1.82) is 0 Å². The molecule has 0 aliphatic heterocycles. The maximum atomic E-state index is 12.4. The van der Waals surface area contributed by atoms with Crippen LogP contribution in [-0.2, 0) is 9.59 Å². The predicted octanol–water partition coefficient (Wildman–Crippen LogP) is 6.39. The molecular formula is C29H50NO4+. The van der Waals surface area contributed by atoms with Gasteiger partial charge in [-0.05, 0) is 18.9 Å². The van der Waals surface area contributed by atoms with E-state index in [0.29, 0.717) is 0 Å². The van der Waals surface area contributed by atoms with Crippen LogP contribution in [0.2, 0.25) is 0 Å². The van der Waals surface area contributed by atoms with E-state index in [1.807, 2.05) is 18.2 Å². The van der Waals surface area contributed by atoms with Gasteiger partial charge >= 0.3 is 5.97 Å². The fraction of sp³-hybridized carbons (Fsp3) is 0.655. The molecular weight excluding hydrogens is 426 g/mol. The quantitative estimate of drug-likeness (QED) is 0.0871. The van der Waals surface area contributed by atoms with Gasteiger partial charge in [0.1, 0.15) is 6.54 Å². The molecule has 0 aromatic carbocycles. The molecule has 0 bridgehead atoms. The van der Waals surface area contributed by atoms with E-state index < -0.39 is 23.8 Å². The number of nitrogens with zero attached hydrogens (tertiary/aromatic N) is 1. The first-order chi connectivity index (χ1) is 16.1. The van der Waals surface area contributed by atoms with Crippen LogP contribution in [0.25, 0.3) is 0 Å². The van der Waals surface area contributed by atoms with E-state index >= 15 is 0 Å². The highest BCUT2D eigenvalue weighted by atomic mass is 16.4. The van der Waals surface area contributed by atoms with E-state index in [1.165, 1.54) is 82.8 Å². The van der Waals surface area contributed by atoms with Crippen molar-refractivity contribution in [3.8, 4) is 0 Å². The average Bonchev–Trinajstić information content (AvgIpc) is 2.73. The Morgan fingerprint density at radius 2 is 1.21 bits per heavy atom. The van der Waals surface area contributed by atoms with E-state index in [1.54, 1.807) is 33.3 Å². The molecule has 0 aliphatic carbocycles. The second kappa shape index (κ2) is 19.3. The van der Waals surface area contributed by atoms with Crippen LogP contribution in [0.3, 0.4) is 0 Å². The molecule has 0 saturated carbocycles. The van der Waals surface area contributed by atoms with Gasteiger partial charge in [0.05, 0.1) is 27.6 Å². The van der Waals surface area contributed by atoms with Gasteiger partial charge in [0.2, 0.25) is 0 Å². The van der Waals surface area contributed by atoms with Gasteiger partial charge in [0, 0.05) is 0 Å². The number of aliphatic carboxylic acids is 1. The Bertz CT molecular complexity index is 670. The molecule has 5 heteroatoms. The van der Waals surface area contributed by atoms with Gasteiger partial charge in [-0.15, -0.1) is 0 Å². The zero-order valence-electron chi connectivity index (χ0n) is 22.2. The third-order valence-electron chi connectivity index (χ3n) is 5.55. The lowest BCUT2D eigenvalue weighted by molar-refractivity contribution is -0.875. The first-order valence-electron chi connectivity index (χ1n) is 13.1. The maximum Gasteiger partial charge on any atom is 0.307 e. The molecule has 0 fully saturated rings. The Hall–Kier alpha value is -1.98. The Balaban J connectivity index is 4.05. The van der Waals surface area contributed by atoms with Crippen molar-refractivity contribution in [3.05, 3.63) is 48.6 Å². The fourth-order valence-electron chi connectivity index (χ4n) is 3.91. The summed E-state index contributed by atoms with van der Waals surface area (Å²) in [5.41, 5.74) is -1.92. The van der Waals surface area contributed by atoms with E-state index in [0.717, 1.165) is 6.42 Å². The third kappa shape index (κ3) is 19.5. The second-order valence-electron chi connectivity index (χ2n) is 10.3. The van der Waals surface area contributed by atoms with Crippen LogP contribution in [-0.4, -0.2) is 59.7 Å². The predicted molar refractivity (Wildman–Crippen MR) is 143 cm³/mol. The Kier molecular flexibility index (Phi) is 18.2. The topological polar surface area (TPSA) is 74.6 Å². The van der Waals surface area contributed by atoms with Crippen LogP contribution in [0, 0.1) is 0 Å². The van der Waals surface area contributed by atoms with Gasteiger partial charge in [-0.2, -0.15) is 0 Å². The minimum absolute atomic E-state index is 0.0238. The Labute approximate surface area is 208 Å². The van der Waals surface area contributed by atoms with Crippen LogP contribution in [0.1, 0.15) is 90.4 Å². The highest BCUT2D eigenvalue weighted by Gasteiger charge is 2.41. The molecule has 2 N–H and O–H groups in total. The molecule has 0 amide bonds. The maximum absolute atomic E-state index is 12.4. The van der Waals surface area contributed by atoms with Crippen molar-refractivity contribution in [3.63, 3.8) is 0 Å². The third-order valence-corrected chi connectivity index (χ3v) is 5.55. The molecule has 34 heavy (non-hydrogen) atoms. The summed E-state index contributed by atoms with van der Waals surface area (Å²) in [6, 6.07) is 0. The molecule has 1 unspecified atom stereocenters. The largest absolute Gasteiger partial charge is 0.481 e. The number of aliphatic hydroxyl groups is 1. The summed E-state index contributed by atoms with van der Waals surface area (Å²) in [4.78, 5) is 23.5. The highest BCUT2D eigenvalue weighted by molar-refractivity contribution is 5.99. The smallest absolute Gasteiger partial charge is 0.307 e. The average molecular weight is 477 g/mol. The molecule has 0 aromatic heterocycles. The molecule has 0 saturated heterocycles. The van der Waals surface area contributed by atoms with Crippen molar-refractivity contribution in [2.75, 3.05) is 27.7 Å². The summed E-state index contributed by atoms with van der Waals surface area (Å²) >= 11 is 0. The minimum atomic E-state index is -1.92. The van der Waals surface area contributed by atoms with Gasteiger partial charge in [0.15, 0.2) is 11.4 Å². The first kappa shape index (κ1) is 32.0. The van der Waals surface area contributed by atoms with Crippen molar-refractivity contribution in [2.24, 2.45) is 0 Å². The van der Waals surface area contributed by atoms with Crippen molar-refractivity contribution in [1.82, 2.24) is 0 Å². The summed E-state index contributed by atoms with van der Waals surface area (Å²) in [5, 5.41) is 19.6. The number of allylic oxidation sites excluding steroid dienone is 7. The first-order valence-corrected chi connectivity index (χ1v) is 13.1. The summed E-state index contributed by atoms with van der Waals surface area (Å²) in [6.07, 6.45) is 29.7. The molecule has 194 valence electrons. The Morgan fingerprint density at radius 1 is 0.735 bits per heavy atom. The molecule has 1 atom stereocenters. The van der Waals surface area contributed by atoms with Crippen LogP contribution in [0.15, 0.2) is 48.6 Å². The number of carbonyl (C=O) groups is 2. The summed E-state index contributed by atoms with van der Waals surface area (Å²) in [6.45, 7) is 2.28. The molecule has 0 radical (unpaired) electrons. The van der Waals surface area contributed by atoms with Crippen LogP contribution in [0.4, 0.5) is 0 Å². The van der Waals surface area contributed by atoms with Crippen molar-refractivity contribution in [2.45, 2.75) is 96.0 Å². The zero-order valence-corrected chi connectivity index (χ0v) is 22.2. The van der Waals surface area contributed by atoms with Crippen molar-refractivity contribution >= 4 is 11.8 Å². The lowest BCUT2D eigenvalue weighted by atomic mass is 9.92.